The number of carboxylic acids is 1. The van der Waals surface area contributed by atoms with Gasteiger partial charge in [-0.05, 0) is 56.7 Å². The number of ether oxygens (including phenoxy) is 1. The minimum atomic E-state index is -0.977. The summed E-state index contributed by atoms with van der Waals surface area (Å²) < 4.78 is 6.32. The number of allylic oxidation sites excluding steroid dienone is 1. The molecule has 8 heteroatoms. The molecule has 2 aliphatic heterocycles. The second-order valence-corrected chi connectivity index (χ2v) is 9.81. The van der Waals surface area contributed by atoms with Crippen LogP contribution in [0.25, 0.3) is 0 Å². The van der Waals surface area contributed by atoms with Crippen LogP contribution in [0.4, 0.5) is 5.82 Å². The number of aliphatic hydroxyl groups excluding tert-OH is 1. The minimum absolute atomic E-state index is 0.0214. The quantitative estimate of drug-likeness (QED) is 0.351. The predicted octanol–water partition coefficient (Wildman–Crippen LogP) is 5.24. The fourth-order valence-corrected chi connectivity index (χ4v) is 5.44. The van der Waals surface area contributed by atoms with Gasteiger partial charge in [-0.15, -0.1) is 0 Å². The molecule has 5 rings (SSSR count). The van der Waals surface area contributed by atoms with Crippen molar-refractivity contribution in [2.24, 2.45) is 5.92 Å². The average molecular weight is 482 g/mol. The number of piperidine rings is 1. The average Bonchev–Trinajstić information content (AvgIpc) is 3.64. The third-order valence-electron chi connectivity index (χ3n) is 7.13. The van der Waals surface area contributed by atoms with Gasteiger partial charge in [0.25, 0.3) is 0 Å². The summed E-state index contributed by atoms with van der Waals surface area (Å²) in [5.74, 6) is 0.200. The van der Waals surface area contributed by atoms with Crippen LogP contribution in [0.5, 0.6) is 0 Å². The highest BCUT2D eigenvalue weighted by Gasteiger charge is 2.42. The summed E-state index contributed by atoms with van der Waals surface area (Å²) >= 11 is 6.33. The minimum Gasteiger partial charge on any atom is -0.512 e. The lowest BCUT2D eigenvalue weighted by Crippen LogP contribution is -2.46. The van der Waals surface area contributed by atoms with Crippen LogP contribution in [-0.2, 0) is 4.74 Å². The van der Waals surface area contributed by atoms with Crippen molar-refractivity contribution in [2.75, 3.05) is 11.5 Å². The van der Waals surface area contributed by atoms with Gasteiger partial charge in [-0.2, -0.15) is 0 Å². The Balaban J connectivity index is 1.28. The van der Waals surface area contributed by atoms with E-state index in [1.54, 1.807) is 24.3 Å². The van der Waals surface area contributed by atoms with Crippen molar-refractivity contribution in [3.05, 3.63) is 70.1 Å². The molecule has 1 saturated carbocycles. The van der Waals surface area contributed by atoms with Crippen LogP contribution >= 0.6 is 11.6 Å². The number of hydrogen-bond acceptors (Lipinski definition) is 6. The Hall–Kier alpha value is -2.90. The van der Waals surface area contributed by atoms with Crippen molar-refractivity contribution in [3.63, 3.8) is 0 Å². The summed E-state index contributed by atoms with van der Waals surface area (Å²) in [6, 6.07) is 11.2. The van der Waals surface area contributed by atoms with Crippen LogP contribution in [0.2, 0.25) is 5.02 Å². The number of halogens is 1. The molecule has 2 aromatic rings. The van der Waals surface area contributed by atoms with Crippen molar-refractivity contribution in [2.45, 2.75) is 56.7 Å². The van der Waals surface area contributed by atoms with E-state index in [-0.39, 0.29) is 47.7 Å². The number of aromatic carboxylic acids is 1. The number of aliphatic hydroxyl groups is 1. The van der Waals surface area contributed by atoms with Gasteiger partial charge in [0, 0.05) is 40.4 Å². The Kier molecular flexibility index (Phi) is 6.32. The second kappa shape index (κ2) is 9.39. The topological polar surface area (TPSA) is 107 Å². The van der Waals surface area contributed by atoms with Gasteiger partial charge in [-0.25, -0.2) is 9.78 Å². The molecule has 7 nitrogen and oxygen atoms in total. The summed E-state index contributed by atoms with van der Waals surface area (Å²) in [5.41, 5.74) is 1.53. The van der Waals surface area contributed by atoms with Crippen molar-refractivity contribution < 1.29 is 19.7 Å². The number of nitrogens with one attached hydrogen (secondary N) is 1. The summed E-state index contributed by atoms with van der Waals surface area (Å²) in [4.78, 5) is 17.8. The van der Waals surface area contributed by atoms with Gasteiger partial charge in [0.1, 0.15) is 11.6 Å². The lowest BCUT2D eigenvalue weighted by Gasteiger charge is -2.39. The third kappa shape index (κ3) is 4.55. The molecule has 3 N–H and O–H groups in total. The van der Waals surface area contributed by atoms with Gasteiger partial charge in [0.05, 0.1) is 24.0 Å². The molecule has 1 aromatic heterocycles. The number of benzene rings is 1. The molecule has 1 aromatic carbocycles. The van der Waals surface area contributed by atoms with Gasteiger partial charge in [-0.3, -0.25) is 5.41 Å². The van der Waals surface area contributed by atoms with Gasteiger partial charge in [0.15, 0.2) is 0 Å². The van der Waals surface area contributed by atoms with Gasteiger partial charge < -0.3 is 19.8 Å². The van der Waals surface area contributed by atoms with E-state index in [9.17, 15) is 9.90 Å². The maximum atomic E-state index is 11.1. The molecule has 178 valence electrons. The van der Waals surface area contributed by atoms with E-state index in [0.717, 1.165) is 44.3 Å². The van der Waals surface area contributed by atoms with Gasteiger partial charge in [0.2, 0.25) is 0 Å². The monoisotopic (exact) mass is 481 g/mol. The van der Waals surface area contributed by atoms with E-state index in [0.29, 0.717) is 16.2 Å². The Morgan fingerprint density at radius 3 is 2.38 bits per heavy atom. The summed E-state index contributed by atoms with van der Waals surface area (Å²) in [6.45, 7) is 0.183. The van der Waals surface area contributed by atoms with E-state index in [2.05, 4.69) is 9.88 Å². The molecule has 0 spiro atoms. The van der Waals surface area contributed by atoms with Crippen LogP contribution < -0.4 is 4.90 Å². The number of carboxylic acid groups (broad SMARTS) is 1. The number of nitrogens with zero attached hydrogens (tertiary/aromatic N) is 2. The highest BCUT2D eigenvalue weighted by molar-refractivity contribution is 6.35. The first-order chi connectivity index (χ1) is 16.4. The molecule has 3 atom stereocenters. The normalized spacial score (nSPS) is 24.6. The predicted molar refractivity (Wildman–Crippen MR) is 130 cm³/mol. The zero-order valence-corrected chi connectivity index (χ0v) is 19.5. The van der Waals surface area contributed by atoms with Crippen LogP contribution in [0.1, 0.15) is 54.4 Å². The van der Waals surface area contributed by atoms with E-state index >= 15 is 0 Å². The number of fused-ring (bicyclic) bond motifs is 2. The Morgan fingerprint density at radius 2 is 1.79 bits per heavy atom. The molecule has 3 aliphatic rings. The van der Waals surface area contributed by atoms with E-state index < -0.39 is 5.97 Å². The Morgan fingerprint density at radius 1 is 1.09 bits per heavy atom. The molecule has 0 amide bonds. The molecule has 2 unspecified atom stereocenters. The molecule has 2 bridgehead atoms. The number of aromatic nitrogens is 1. The zero-order chi connectivity index (χ0) is 23.8. The van der Waals surface area contributed by atoms with Crippen LogP contribution in [0, 0.1) is 11.3 Å². The van der Waals surface area contributed by atoms with Gasteiger partial charge >= 0.3 is 5.97 Å². The first-order valence-corrected chi connectivity index (χ1v) is 12.1. The number of pyridine rings is 1. The highest BCUT2D eigenvalue weighted by atomic mass is 35.5. The smallest absolute Gasteiger partial charge is 0.337 e. The lowest BCUT2D eigenvalue weighted by molar-refractivity contribution is 0.0408. The molecular formula is C26H28ClN3O4. The number of carbonyl (C=O) groups is 1. The molecule has 0 radical (unpaired) electrons. The van der Waals surface area contributed by atoms with Crippen molar-refractivity contribution >= 4 is 29.1 Å². The van der Waals surface area contributed by atoms with E-state index in [4.69, 9.17) is 26.9 Å². The van der Waals surface area contributed by atoms with Crippen LogP contribution in [0.3, 0.4) is 0 Å². The molecular weight excluding hydrogens is 454 g/mol. The zero-order valence-electron chi connectivity index (χ0n) is 18.8. The van der Waals surface area contributed by atoms with Crippen molar-refractivity contribution in [1.29, 1.82) is 5.41 Å². The fraction of sp³-hybridized carbons (Fsp3) is 0.423. The molecule has 2 saturated heterocycles. The SMILES string of the molecule is N=C(/C(COC1CC2CC[C@@H](C1)N2c1ccc(C(=O)O)cn1)=C(\O)C1CC1)c1ccccc1Cl. The Bertz CT molecular complexity index is 1120. The number of anilines is 1. The second-order valence-electron chi connectivity index (χ2n) is 9.40. The summed E-state index contributed by atoms with van der Waals surface area (Å²) in [5, 5.41) is 29.2. The maximum Gasteiger partial charge on any atom is 0.337 e. The number of rotatable bonds is 8. The van der Waals surface area contributed by atoms with E-state index in [1.807, 2.05) is 12.1 Å². The largest absolute Gasteiger partial charge is 0.512 e. The van der Waals surface area contributed by atoms with Crippen molar-refractivity contribution in [1.82, 2.24) is 4.98 Å². The maximum absolute atomic E-state index is 11.1. The first-order valence-electron chi connectivity index (χ1n) is 11.8. The first kappa shape index (κ1) is 22.9. The lowest BCUT2D eigenvalue weighted by atomic mass is 9.98. The highest BCUT2D eigenvalue weighted by Crippen LogP contribution is 2.41. The van der Waals surface area contributed by atoms with Gasteiger partial charge in [-0.1, -0.05) is 29.8 Å². The molecule has 34 heavy (non-hydrogen) atoms. The Labute approximate surface area is 203 Å². The molecule has 3 heterocycles. The van der Waals surface area contributed by atoms with Crippen LogP contribution in [-0.4, -0.2) is 51.7 Å². The third-order valence-corrected chi connectivity index (χ3v) is 7.46. The summed E-state index contributed by atoms with van der Waals surface area (Å²) in [6.07, 6.45) is 7.04. The van der Waals surface area contributed by atoms with E-state index in [1.165, 1.54) is 6.20 Å². The number of hydrogen-bond donors (Lipinski definition) is 3. The fourth-order valence-electron chi connectivity index (χ4n) is 5.21. The molecule has 1 aliphatic carbocycles. The van der Waals surface area contributed by atoms with Crippen LogP contribution in [0.15, 0.2) is 53.9 Å². The standard InChI is InChI=1S/C26H28ClN3O4/c27-22-4-2-1-3-20(22)24(28)21(25(31)15-5-6-15)14-34-19-11-17-8-9-18(12-19)30(17)23-10-7-16(13-29-23)26(32)33/h1-4,7,10,13,15,17-19,28,31H,5-6,8-9,11-12,14H2,(H,32,33)/b25-21-,28-24?/t17-,18?,19?/m0/s1. The molecule has 3 fully saturated rings. The van der Waals surface area contributed by atoms with Crippen molar-refractivity contribution in [3.8, 4) is 0 Å². The summed E-state index contributed by atoms with van der Waals surface area (Å²) in [7, 11) is 0.